The number of nitrogens with one attached hydrogen (secondary N) is 1. The van der Waals surface area contributed by atoms with Crippen LogP contribution in [0.25, 0.3) is 0 Å². The fourth-order valence-corrected chi connectivity index (χ4v) is 4.00. The first-order valence-corrected chi connectivity index (χ1v) is 11.1. The van der Waals surface area contributed by atoms with E-state index in [1.165, 1.54) is 68.3 Å². The second-order valence-electron chi connectivity index (χ2n) is 8.08. The van der Waals surface area contributed by atoms with Crippen molar-refractivity contribution < 1.29 is 0 Å². The van der Waals surface area contributed by atoms with Crippen molar-refractivity contribution in [2.24, 2.45) is 11.8 Å². The van der Waals surface area contributed by atoms with Crippen LogP contribution in [0.1, 0.15) is 84.6 Å². The number of unbranched alkanes of at least 4 members (excludes halogenated alkanes) is 2. The quantitative estimate of drug-likeness (QED) is 0.443. The van der Waals surface area contributed by atoms with Crippen molar-refractivity contribution in [1.82, 2.24) is 5.12 Å². The summed E-state index contributed by atoms with van der Waals surface area (Å²) in [4.78, 5) is 0. The van der Waals surface area contributed by atoms with Crippen molar-refractivity contribution in [3.8, 4) is 0 Å². The third kappa shape index (κ3) is 5.39. The van der Waals surface area contributed by atoms with E-state index in [0.29, 0.717) is 0 Å². The van der Waals surface area contributed by atoms with Crippen molar-refractivity contribution in [3.63, 3.8) is 0 Å². The maximum Gasteiger partial charge on any atom is 0.0788 e. The van der Waals surface area contributed by atoms with Crippen molar-refractivity contribution in [2.45, 2.75) is 86.0 Å². The number of para-hydroxylation sites is 1. The van der Waals surface area contributed by atoms with Crippen LogP contribution in [0.3, 0.4) is 0 Å². The molecule has 1 aromatic rings. The number of hydrogen-bond donors (Lipinski definition) is 1. The van der Waals surface area contributed by atoms with Crippen LogP contribution in [0.15, 0.2) is 18.2 Å². The van der Waals surface area contributed by atoms with Gasteiger partial charge in [-0.3, -0.25) is 10.4 Å². The second-order valence-corrected chi connectivity index (χ2v) is 8.08. The van der Waals surface area contributed by atoms with Gasteiger partial charge < -0.3 is 0 Å². The van der Waals surface area contributed by atoms with Gasteiger partial charge >= 0.3 is 0 Å². The zero-order valence-corrected chi connectivity index (χ0v) is 17.9. The summed E-state index contributed by atoms with van der Waals surface area (Å²) in [6.45, 7) is 13.7. The first-order valence-electron chi connectivity index (χ1n) is 11.1. The van der Waals surface area contributed by atoms with Gasteiger partial charge in [0, 0.05) is 13.1 Å². The Hall–Kier alpha value is -1.22. The summed E-state index contributed by atoms with van der Waals surface area (Å²) >= 11 is 0. The molecule has 148 valence electrons. The maximum absolute atomic E-state index is 3.74. The summed E-state index contributed by atoms with van der Waals surface area (Å²) in [6, 6.07) is 6.71. The Morgan fingerprint density at radius 1 is 0.885 bits per heavy atom. The lowest BCUT2D eigenvalue weighted by Gasteiger charge is -2.34. The number of nitrogens with zero attached hydrogens (tertiary/aromatic N) is 2. The van der Waals surface area contributed by atoms with Gasteiger partial charge in [0.2, 0.25) is 0 Å². The van der Waals surface area contributed by atoms with E-state index in [1.54, 1.807) is 0 Å². The molecular weight excluding hydrogens is 318 g/mol. The largest absolute Gasteiger partial charge is 0.299 e. The smallest absolute Gasteiger partial charge is 0.0788 e. The van der Waals surface area contributed by atoms with Gasteiger partial charge in [-0.1, -0.05) is 78.4 Å². The van der Waals surface area contributed by atoms with Crippen LogP contribution >= 0.6 is 0 Å². The molecule has 1 aromatic carbocycles. The van der Waals surface area contributed by atoms with Crippen LogP contribution in [0.4, 0.5) is 11.4 Å². The summed E-state index contributed by atoms with van der Waals surface area (Å²) in [5.74, 6) is 1.52. The second kappa shape index (κ2) is 10.8. The number of aryl methyl sites for hydroxylation is 1. The molecule has 1 aliphatic rings. The summed E-state index contributed by atoms with van der Waals surface area (Å²) in [5, 5.41) is 4.97. The molecule has 0 radical (unpaired) electrons. The van der Waals surface area contributed by atoms with Crippen molar-refractivity contribution in [2.75, 3.05) is 23.5 Å². The number of rotatable bonds is 12. The van der Waals surface area contributed by atoms with Crippen LogP contribution < -0.4 is 10.4 Å². The summed E-state index contributed by atoms with van der Waals surface area (Å²) in [6.07, 6.45) is 10.5. The lowest BCUT2D eigenvalue weighted by molar-refractivity contribution is 0.233. The zero-order chi connectivity index (χ0) is 18.9. The minimum Gasteiger partial charge on any atom is -0.299 e. The van der Waals surface area contributed by atoms with Crippen LogP contribution in [0.2, 0.25) is 0 Å². The third-order valence-electron chi connectivity index (χ3n) is 6.01. The molecule has 2 atom stereocenters. The molecule has 1 heterocycles. The topological polar surface area (TPSA) is 18.5 Å². The Balaban J connectivity index is 2.16. The highest BCUT2D eigenvalue weighted by Gasteiger charge is 2.30. The molecule has 26 heavy (non-hydrogen) atoms. The highest BCUT2D eigenvalue weighted by atomic mass is 15.8. The highest BCUT2D eigenvalue weighted by molar-refractivity contribution is 5.76. The number of anilines is 2. The summed E-state index contributed by atoms with van der Waals surface area (Å²) in [5.41, 5.74) is 7.76. The Kier molecular flexibility index (Phi) is 8.77. The number of fused-ring (bicyclic) bond motifs is 1. The minimum atomic E-state index is 0.760. The van der Waals surface area contributed by atoms with Crippen molar-refractivity contribution >= 4 is 11.4 Å². The van der Waals surface area contributed by atoms with Gasteiger partial charge in [0.1, 0.15) is 0 Å². The average molecular weight is 360 g/mol. The van der Waals surface area contributed by atoms with E-state index in [4.69, 9.17) is 0 Å². The number of benzene rings is 1. The van der Waals surface area contributed by atoms with Crippen molar-refractivity contribution in [1.29, 1.82) is 0 Å². The minimum absolute atomic E-state index is 0.760. The molecule has 2 rings (SSSR count). The molecule has 0 fully saturated rings. The summed E-state index contributed by atoms with van der Waals surface area (Å²) in [7, 11) is 0. The Labute approximate surface area is 162 Å². The molecule has 3 nitrogen and oxygen atoms in total. The molecule has 0 bridgehead atoms. The van der Waals surface area contributed by atoms with E-state index in [-0.39, 0.29) is 0 Å². The van der Waals surface area contributed by atoms with Crippen LogP contribution in [-0.2, 0) is 0 Å². The van der Waals surface area contributed by atoms with Gasteiger partial charge in [-0.2, -0.15) is 0 Å². The Bertz CT molecular complexity index is 528. The van der Waals surface area contributed by atoms with Gasteiger partial charge in [0.05, 0.1) is 11.4 Å². The highest BCUT2D eigenvalue weighted by Crippen LogP contribution is 2.38. The Morgan fingerprint density at radius 2 is 1.50 bits per heavy atom. The molecule has 0 amide bonds. The van der Waals surface area contributed by atoms with E-state index >= 15 is 0 Å². The zero-order valence-electron chi connectivity index (χ0n) is 17.9. The molecule has 3 heteroatoms. The predicted octanol–water partition coefficient (Wildman–Crippen LogP) is 6.79. The summed E-state index contributed by atoms with van der Waals surface area (Å²) < 4.78 is 0. The SMILES string of the molecule is CCCCC(CC)CN1Nc2c(C)cccc2N1CC(CC)CCCC. The molecule has 1 N–H and O–H groups in total. The standard InChI is InChI=1S/C23H41N3/c1-6-10-14-20(8-3)17-25-22-16-12-13-19(5)23(22)24-26(25)18-21(9-4)15-11-7-2/h12-13,16,20-21,24H,6-11,14-15,17-18H2,1-5H3. The van der Waals surface area contributed by atoms with Gasteiger partial charge in [0.15, 0.2) is 0 Å². The van der Waals surface area contributed by atoms with Crippen LogP contribution in [0, 0.1) is 18.8 Å². The lowest BCUT2D eigenvalue weighted by atomic mass is 9.98. The fourth-order valence-electron chi connectivity index (χ4n) is 4.00. The van der Waals surface area contributed by atoms with E-state index in [0.717, 1.165) is 24.9 Å². The first-order chi connectivity index (χ1) is 12.6. The monoisotopic (exact) mass is 359 g/mol. The van der Waals surface area contributed by atoms with Crippen LogP contribution in [0.5, 0.6) is 0 Å². The molecule has 0 saturated heterocycles. The number of hydrazine groups is 2. The maximum atomic E-state index is 3.74. The van der Waals surface area contributed by atoms with Crippen molar-refractivity contribution in [3.05, 3.63) is 23.8 Å². The molecule has 0 aliphatic carbocycles. The van der Waals surface area contributed by atoms with E-state index in [1.807, 2.05) is 0 Å². The molecule has 0 saturated carbocycles. The lowest BCUT2D eigenvalue weighted by Crippen LogP contribution is -2.46. The average Bonchev–Trinajstić information content (AvgIpc) is 3.00. The van der Waals surface area contributed by atoms with Gasteiger partial charge in [-0.15, -0.1) is 5.12 Å². The normalized spacial score (nSPS) is 16.4. The fraction of sp³-hybridized carbons (Fsp3) is 0.739. The predicted molar refractivity (Wildman–Crippen MR) is 115 cm³/mol. The first kappa shape index (κ1) is 21.1. The van der Waals surface area contributed by atoms with E-state index in [9.17, 15) is 0 Å². The van der Waals surface area contributed by atoms with Gasteiger partial charge in [-0.25, -0.2) is 0 Å². The van der Waals surface area contributed by atoms with E-state index in [2.05, 4.69) is 68.4 Å². The molecule has 0 aromatic heterocycles. The molecule has 2 unspecified atom stereocenters. The molecular formula is C23H41N3. The van der Waals surface area contributed by atoms with Gasteiger partial charge in [-0.05, 0) is 43.2 Å². The number of hydrogen-bond acceptors (Lipinski definition) is 3. The van der Waals surface area contributed by atoms with Gasteiger partial charge in [0.25, 0.3) is 0 Å². The van der Waals surface area contributed by atoms with Crippen LogP contribution in [-0.4, -0.2) is 18.2 Å². The molecule has 0 spiro atoms. The Morgan fingerprint density at radius 3 is 2.08 bits per heavy atom. The van der Waals surface area contributed by atoms with E-state index < -0.39 is 0 Å². The molecule has 1 aliphatic heterocycles. The third-order valence-corrected chi connectivity index (χ3v) is 6.01.